The summed E-state index contributed by atoms with van der Waals surface area (Å²) in [6.07, 6.45) is 8.56. The quantitative estimate of drug-likeness (QED) is 0.0186. The number of pyridine rings is 1. The lowest BCUT2D eigenvalue weighted by atomic mass is 9.93. The molecule has 3 unspecified atom stereocenters. The second kappa shape index (κ2) is 33.3. The molecular weight excluding hydrogens is 1360 g/mol. The largest absolute Gasteiger partial charge is 0.481 e. The van der Waals surface area contributed by atoms with E-state index in [0.29, 0.717) is 30.1 Å². The minimum Gasteiger partial charge on any atom is -0.481 e. The number of nitrogens with one attached hydrogen (secondary N) is 4. The highest BCUT2D eigenvalue weighted by atomic mass is 35.5. The summed E-state index contributed by atoms with van der Waals surface area (Å²) in [4.78, 5) is 96.5. The third kappa shape index (κ3) is 22.5. The standard InChI is InChI=1S/C18H15ClFNO3.C14H10F4N4O7S.C14H17N5O7S2.C5H12NO4P/c1-3-10(2)24-16-9-15(14(20)8-13(16)19)21-17(22)11-6-4-5-7-12(11)18(21)23;15-11(16)28-8-5-9(29-12(17)18)20-13(19-8)21-14(25)22-30(26,27)7-4-2-1-3-6(7)10(23)24;1-4-27(21,22)9-6-5-7-15-12(9)28(23,24)19-14(20)18-13-16-10(25-2)8-11(17-13)26-3;1-11(9,10)3-2-4(6)5(7)8/h1,8-10H,4-7H2,2H3;1-5,11-12H,(H,23,24)(H2,19,20,21,22,25);5-8H,4H2,1-3H3,(H2,16,17,18,19,20);4H,2-3,6H2,1H3,(H,7,8)(H,9,10). The summed E-state index contributed by atoms with van der Waals surface area (Å²) in [6, 6.07) is 6.94. The third-order valence-corrected chi connectivity index (χ3v) is 17.5. The van der Waals surface area contributed by atoms with Crippen molar-refractivity contribution in [1.82, 2.24) is 34.4 Å². The number of aliphatic carboxylic acids is 1. The van der Waals surface area contributed by atoms with Crippen LogP contribution in [0.4, 0.5) is 49.1 Å². The van der Waals surface area contributed by atoms with Crippen LogP contribution in [0.5, 0.6) is 29.3 Å². The van der Waals surface area contributed by atoms with Gasteiger partial charge in [-0.05, 0) is 69.4 Å². The van der Waals surface area contributed by atoms with Gasteiger partial charge in [-0.3, -0.25) is 29.6 Å². The van der Waals surface area contributed by atoms with E-state index in [4.69, 9.17) is 53.1 Å². The number of halogens is 6. The molecule has 4 heterocycles. The van der Waals surface area contributed by atoms with Crippen LogP contribution in [-0.4, -0.2) is 159 Å². The smallest absolute Gasteiger partial charge is 0.388 e. The van der Waals surface area contributed by atoms with Gasteiger partial charge in [0.1, 0.15) is 27.4 Å². The Hall–Kier alpha value is -9.39. The molecule has 3 atom stereocenters. The number of hydrogen-bond acceptors (Lipinski definition) is 24. The average Bonchev–Trinajstić information content (AvgIpc) is 1.64. The van der Waals surface area contributed by atoms with E-state index in [2.05, 4.69) is 45.6 Å². The Morgan fingerprint density at radius 1 is 0.774 bits per heavy atom. The number of urea groups is 2. The molecule has 0 radical (unpaired) electrons. The minimum atomic E-state index is -4.71. The fraction of sp³-hybridized carbons (Fsp3) is 0.314. The molecule has 42 heteroatoms. The number of terminal acetylenes is 1. The number of rotatable bonds is 22. The van der Waals surface area contributed by atoms with Gasteiger partial charge in [-0.1, -0.05) is 36.6 Å². The molecule has 0 spiro atoms. The number of nitrogens with two attached hydrogens (primary N) is 1. The van der Waals surface area contributed by atoms with Gasteiger partial charge in [0, 0.05) is 36.2 Å². The van der Waals surface area contributed by atoms with Gasteiger partial charge in [-0.2, -0.15) is 45.9 Å². The number of carbonyl (C=O) groups is 6. The topological polar surface area (TPSA) is 471 Å². The number of nitrogens with zero attached hydrogens (tertiary/aromatic N) is 6. The number of alkyl halides is 4. The zero-order chi connectivity index (χ0) is 69.9. The van der Waals surface area contributed by atoms with Gasteiger partial charge in [0.05, 0.1) is 48.4 Å². The first-order valence-corrected chi connectivity index (χ1v) is 33.1. The number of ether oxygens (including phenoxy) is 5. The van der Waals surface area contributed by atoms with Crippen LogP contribution in [0.15, 0.2) is 92.8 Å². The molecule has 2 aliphatic rings. The highest BCUT2D eigenvalue weighted by Crippen LogP contribution is 2.40. The summed E-state index contributed by atoms with van der Waals surface area (Å²) in [7, 11) is -13.7. The Labute approximate surface area is 529 Å². The number of aromatic nitrogens is 5. The molecule has 6 amide bonds. The minimum absolute atomic E-state index is 0.0233. The van der Waals surface area contributed by atoms with Gasteiger partial charge < -0.3 is 44.5 Å². The Morgan fingerprint density at radius 3 is 1.72 bits per heavy atom. The van der Waals surface area contributed by atoms with Crippen molar-refractivity contribution in [2.24, 2.45) is 5.73 Å². The number of anilines is 3. The van der Waals surface area contributed by atoms with Gasteiger partial charge >= 0.3 is 37.2 Å². The number of amides is 6. The third-order valence-electron chi connectivity index (χ3n) is 11.6. The Balaban J connectivity index is 0.000000276. The molecule has 1 aliphatic carbocycles. The van der Waals surface area contributed by atoms with Gasteiger partial charge in [-0.25, -0.2) is 54.9 Å². The lowest BCUT2D eigenvalue weighted by molar-refractivity contribution is -0.138. The number of hydrogen-bond donors (Lipinski definition) is 8. The summed E-state index contributed by atoms with van der Waals surface area (Å²) in [6.45, 7) is -2.65. The highest BCUT2D eigenvalue weighted by Gasteiger charge is 2.41. The molecule has 5 aromatic rings. The van der Waals surface area contributed by atoms with Gasteiger partial charge in [0.2, 0.25) is 35.4 Å². The van der Waals surface area contributed by atoms with E-state index in [-0.39, 0.29) is 52.5 Å². The Bertz CT molecular complexity index is 4040. The molecule has 0 fully saturated rings. The molecule has 9 N–H and O–H groups in total. The Morgan fingerprint density at radius 2 is 1.26 bits per heavy atom. The number of carbonyl (C=O) groups excluding carboxylic acids is 4. The summed E-state index contributed by atoms with van der Waals surface area (Å²) in [5, 5.41) is 20.3. The number of sulfonamides is 2. The maximum absolute atomic E-state index is 14.4. The van der Waals surface area contributed by atoms with Crippen LogP contribution in [0, 0.1) is 18.2 Å². The van der Waals surface area contributed by atoms with Crippen molar-refractivity contribution in [1.29, 1.82) is 0 Å². The number of carboxylic acids is 2. The van der Waals surface area contributed by atoms with E-state index in [0.717, 1.165) is 48.2 Å². The maximum atomic E-state index is 14.4. The molecule has 7 rings (SSSR count). The second-order valence-corrected chi connectivity index (χ2v) is 26.8. The molecule has 93 heavy (non-hydrogen) atoms. The molecule has 3 aromatic heterocycles. The second-order valence-electron chi connectivity index (χ2n) is 18.3. The molecule has 32 nitrogen and oxygen atoms in total. The van der Waals surface area contributed by atoms with Crippen LogP contribution in [-0.2, 0) is 48.8 Å². The predicted molar refractivity (Wildman–Crippen MR) is 314 cm³/mol. The first-order valence-electron chi connectivity index (χ1n) is 25.8. The maximum Gasteiger partial charge on any atom is 0.388 e. The van der Waals surface area contributed by atoms with Crippen LogP contribution in [0.3, 0.4) is 0 Å². The van der Waals surface area contributed by atoms with Gasteiger partial charge in [-0.15, -0.1) is 6.42 Å². The zero-order valence-electron chi connectivity index (χ0n) is 48.6. The normalized spacial score (nSPS) is 14.1. The van der Waals surface area contributed by atoms with Crippen LogP contribution < -0.4 is 54.4 Å². The van der Waals surface area contributed by atoms with Gasteiger partial charge in [0.15, 0.2) is 28.3 Å². The first kappa shape index (κ1) is 76.1. The number of imide groups is 1. The van der Waals surface area contributed by atoms with Crippen LogP contribution >= 0.6 is 19.0 Å². The van der Waals surface area contributed by atoms with E-state index >= 15 is 0 Å². The van der Waals surface area contributed by atoms with E-state index in [9.17, 15) is 80.5 Å². The first-order chi connectivity index (χ1) is 43.4. The van der Waals surface area contributed by atoms with E-state index in [1.54, 1.807) is 17.0 Å². The highest BCUT2D eigenvalue weighted by molar-refractivity contribution is 7.93. The van der Waals surface area contributed by atoms with E-state index < -0.39 is 142 Å². The Kier molecular flexibility index (Phi) is 27.2. The predicted octanol–water partition coefficient (Wildman–Crippen LogP) is 5.39. The number of carboxylic acid groups (broad SMARTS) is 2. The summed E-state index contributed by atoms with van der Waals surface area (Å²) in [5.41, 5.74) is 5.26. The average molecular weight is 1410 g/mol. The molecule has 0 saturated carbocycles. The van der Waals surface area contributed by atoms with Crippen molar-refractivity contribution in [3.8, 4) is 41.6 Å². The summed E-state index contributed by atoms with van der Waals surface area (Å²) >= 11 is 5.97. The van der Waals surface area contributed by atoms with Gasteiger partial charge in [0.25, 0.3) is 31.9 Å². The van der Waals surface area contributed by atoms with Crippen LogP contribution in [0.1, 0.15) is 56.3 Å². The van der Waals surface area contributed by atoms with Crippen molar-refractivity contribution in [3.63, 3.8) is 0 Å². The number of sulfone groups is 1. The fourth-order valence-electron chi connectivity index (χ4n) is 7.35. The van der Waals surface area contributed by atoms with Crippen molar-refractivity contribution < 1.29 is 119 Å². The zero-order valence-corrected chi connectivity index (χ0v) is 52.7. The molecule has 0 saturated heterocycles. The molecule has 1 aliphatic heterocycles. The molecular formula is C51H54ClF5N11O21PS3. The van der Waals surface area contributed by atoms with Crippen LogP contribution in [0.25, 0.3) is 0 Å². The molecule has 504 valence electrons. The molecule has 0 bridgehead atoms. The summed E-state index contributed by atoms with van der Waals surface area (Å²) in [5.74, 6) is -5.31. The number of benzene rings is 2. The van der Waals surface area contributed by atoms with Crippen molar-refractivity contribution in [2.45, 2.75) is 86.1 Å². The monoisotopic (exact) mass is 1410 g/mol. The lowest BCUT2D eigenvalue weighted by Gasteiger charge is -2.19. The van der Waals surface area contributed by atoms with Crippen molar-refractivity contribution in [3.05, 3.63) is 94.4 Å². The van der Waals surface area contributed by atoms with Crippen molar-refractivity contribution >= 4 is 102 Å². The SMILES string of the molecule is C#CC(C)Oc1cc(N2C(=O)C3=C(CCCC3)C2=O)c(F)cc1Cl.CCS(=O)(=O)c1cccnc1S(=O)(=O)NC(=O)Nc1nc(OC)cc(OC)n1.CP(=O)(O)CCC(N)C(=O)O.O=C(Nc1nc(OC(F)F)cc(OC(F)F)n1)NS(=O)(=O)c1ccccc1C(=O)O. The summed E-state index contributed by atoms with van der Waals surface area (Å²) < 4.78 is 174. The van der Waals surface area contributed by atoms with Crippen molar-refractivity contribution in [2.75, 3.05) is 48.3 Å². The lowest BCUT2D eigenvalue weighted by Crippen LogP contribution is -2.36. The fourth-order valence-corrected chi connectivity index (χ4v) is 12.0. The molecule has 2 aromatic carbocycles. The van der Waals surface area contributed by atoms with Crippen LogP contribution in [0.2, 0.25) is 5.02 Å². The number of methoxy groups -OCH3 is 2. The number of aromatic carboxylic acids is 1. The van der Waals surface area contributed by atoms with E-state index in [1.165, 1.54) is 62.9 Å². The van der Waals surface area contributed by atoms with E-state index in [1.807, 2.05) is 0 Å².